The Labute approximate surface area is 187 Å². The second-order valence-corrected chi connectivity index (χ2v) is 8.64. The molecule has 0 saturated carbocycles. The lowest BCUT2D eigenvalue weighted by Crippen LogP contribution is -2.55. The molecule has 0 spiro atoms. The van der Waals surface area contributed by atoms with Crippen molar-refractivity contribution in [2.45, 2.75) is 25.9 Å². The van der Waals surface area contributed by atoms with E-state index in [4.69, 9.17) is 0 Å². The van der Waals surface area contributed by atoms with Crippen LogP contribution in [0.15, 0.2) is 71.9 Å². The summed E-state index contributed by atoms with van der Waals surface area (Å²) in [5.41, 5.74) is 5.63. The minimum atomic E-state index is -0.123. The van der Waals surface area contributed by atoms with Gasteiger partial charge in [-0.05, 0) is 63.4 Å². The lowest BCUT2D eigenvalue weighted by Gasteiger charge is -2.43. The number of rotatable bonds is 4. The number of aromatic amines is 1. The third-order valence-electron chi connectivity index (χ3n) is 6.49. The number of likely N-dealkylation sites (N-methyl/N-ethyl adjacent to an activating group) is 1. The van der Waals surface area contributed by atoms with Gasteiger partial charge >= 0.3 is 0 Å². The van der Waals surface area contributed by atoms with E-state index < -0.39 is 0 Å². The SMILES string of the molecule is C[C@@H]1CN(c2ccc(Nc3ccc(-c4cc[nH]c(=O)c4)n4ccnc34)cc2)C[C@H](C)N1C. The van der Waals surface area contributed by atoms with Crippen LogP contribution in [0.25, 0.3) is 16.9 Å². The van der Waals surface area contributed by atoms with Crippen LogP contribution in [0.1, 0.15) is 13.8 Å². The van der Waals surface area contributed by atoms with E-state index in [2.05, 4.69) is 70.2 Å². The molecular formula is C25H28N6O. The number of pyridine rings is 2. The third kappa shape index (κ3) is 3.76. The molecule has 1 aliphatic rings. The molecule has 0 unspecified atom stereocenters. The number of hydrogen-bond donors (Lipinski definition) is 2. The smallest absolute Gasteiger partial charge is 0.248 e. The molecule has 0 bridgehead atoms. The van der Waals surface area contributed by atoms with Crippen molar-refractivity contribution >= 4 is 22.7 Å². The summed E-state index contributed by atoms with van der Waals surface area (Å²) in [6, 6.07) is 17.2. The van der Waals surface area contributed by atoms with Crippen molar-refractivity contribution < 1.29 is 0 Å². The van der Waals surface area contributed by atoms with Gasteiger partial charge in [0.15, 0.2) is 5.65 Å². The van der Waals surface area contributed by atoms with E-state index in [1.807, 2.05) is 28.8 Å². The number of imidazole rings is 1. The van der Waals surface area contributed by atoms with Crippen LogP contribution in [0.4, 0.5) is 17.1 Å². The van der Waals surface area contributed by atoms with Crippen LogP contribution in [-0.2, 0) is 0 Å². The molecule has 5 rings (SSSR count). The Hall–Kier alpha value is -3.58. The van der Waals surface area contributed by atoms with Crippen LogP contribution in [0.5, 0.6) is 0 Å². The maximum atomic E-state index is 11.7. The molecular weight excluding hydrogens is 400 g/mol. The number of hydrogen-bond acceptors (Lipinski definition) is 5. The third-order valence-corrected chi connectivity index (χ3v) is 6.49. The Kier molecular flexibility index (Phi) is 5.19. The van der Waals surface area contributed by atoms with Gasteiger partial charge in [0.1, 0.15) is 0 Å². The highest BCUT2D eigenvalue weighted by atomic mass is 16.1. The maximum absolute atomic E-state index is 11.7. The van der Waals surface area contributed by atoms with Crippen molar-refractivity contribution in [2.75, 3.05) is 30.4 Å². The zero-order valence-electron chi connectivity index (χ0n) is 18.6. The number of anilines is 3. The van der Waals surface area contributed by atoms with E-state index in [0.29, 0.717) is 12.1 Å². The van der Waals surface area contributed by atoms with Crippen LogP contribution in [0, 0.1) is 0 Å². The minimum absolute atomic E-state index is 0.123. The number of benzene rings is 1. The predicted molar refractivity (Wildman–Crippen MR) is 130 cm³/mol. The number of nitrogens with zero attached hydrogens (tertiary/aromatic N) is 4. The highest BCUT2D eigenvalue weighted by molar-refractivity contribution is 5.78. The molecule has 1 aliphatic heterocycles. The highest BCUT2D eigenvalue weighted by Crippen LogP contribution is 2.28. The molecule has 4 heterocycles. The quantitative estimate of drug-likeness (QED) is 0.515. The van der Waals surface area contributed by atoms with Gasteiger partial charge in [-0.3, -0.25) is 14.1 Å². The Bertz CT molecular complexity index is 1280. The maximum Gasteiger partial charge on any atom is 0.248 e. The average molecular weight is 429 g/mol. The van der Waals surface area contributed by atoms with E-state index >= 15 is 0 Å². The molecule has 164 valence electrons. The molecule has 1 fully saturated rings. The first kappa shape index (κ1) is 20.3. The van der Waals surface area contributed by atoms with Gasteiger partial charge in [-0.15, -0.1) is 0 Å². The first-order chi connectivity index (χ1) is 15.5. The van der Waals surface area contributed by atoms with Crippen LogP contribution in [0.3, 0.4) is 0 Å². The number of fused-ring (bicyclic) bond motifs is 1. The van der Waals surface area contributed by atoms with Gasteiger partial charge in [0, 0.05) is 66.8 Å². The largest absolute Gasteiger partial charge is 0.368 e. The Morgan fingerprint density at radius 1 is 1.03 bits per heavy atom. The number of nitrogens with one attached hydrogen (secondary N) is 2. The standard InChI is InChI=1S/C25H28N6O/c1-17-15-30(16-18(2)29(17)3)21-6-4-20(5-7-21)28-22-8-9-23(31-13-12-27-25(22)31)19-10-11-26-24(32)14-19/h4-14,17-18,28H,15-16H2,1-3H3,(H,26,32)/t17-,18+. The molecule has 0 amide bonds. The van der Waals surface area contributed by atoms with Gasteiger partial charge in [0.2, 0.25) is 5.56 Å². The lowest BCUT2D eigenvalue weighted by atomic mass is 10.1. The van der Waals surface area contributed by atoms with Gasteiger partial charge in [-0.1, -0.05) is 0 Å². The molecule has 7 heteroatoms. The van der Waals surface area contributed by atoms with Crippen LogP contribution < -0.4 is 15.8 Å². The van der Waals surface area contributed by atoms with Crippen molar-refractivity contribution in [3.05, 3.63) is 77.5 Å². The van der Waals surface area contributed by atoms with Gasteiger partial charge in [0.25, 0.3) is 0 Å². The Balaban J connectivity index is 1.39. The summed E-state index contributed by atoms with van der Waals surface area (Å²) in [5, 5.41) is 3.50. The van der Waals surface area contributed by atoms with Crippen molar-refractivity contribution in [1.82, 2.24) is 19.3 Å². The first-order valence-corrected chi connectivity index (χ1v) is 11.0. The summed E-state index contributed by atoms with van der Waals surface area (Å²) < 4.78 is 2.00. The summed E-state index contributed by atoms with van der Waals surface area (Å²) in [5.74, 6) is 0. The van der Waals surface area contributed by atoms with Gasteiger partial charge in [0.05, 0.1) is 11.4 Å². The molecule has 1 aromatic carbocycles. The zero-order chi connectivity index (χ0) is 22.2. The van der Waals surface area contributed by atoms with Crippen molar-refractivity contribution in [3.63, 3.8) is 0 Å². The summed E-state index contributed by atoms with van der Waals surface area (Å²) in [6.45, 7) is 6.63. The number of aromatic nitrogens is 3. The molecule has 32 heavy (non-hydrogen) atoms. The molecule has 0 radical (unpaired) electrons. The van der Waals surface area contributed by atoms with Crippen LogP contribution >= 0.6 is 0 Å². The van der Waals surface area contributed by atoms with Gasteiger partial charge in [-0.25, -0.2) is 4.98 Å². The minimum Gasteiger partial charge on any atom is -0.368 e. The molecule has 3 aromatic heterocycles. The average Bonchev–Trinajstić information content (AvgIpc) is 3.28. The molecule has 2 atom stereocenters. The monoisotopic (exact) mass is 428 g/mol. The lowest BCUT2D eigenvalue weighted by molar-refractivity contribution is 0.170. The summed E-state index contributed by atoms with van der Waals surface area (Å²) in [7, 11) is 2.21. The van der Waals surface area contributed by atoms with Crippen LogP contribution in [-0.4, -0.2) is 51.5 Å². The van der Waals surface area contributed by atoms with E-state index in [1.165, 1.54) is 5.69 Å². The summed E-state index contributed by atoms with van der Waals surface area (Å²) in [6.07, 6.45) is 5.35. The molecule has 0 aliphatic carbocycles. The van der Waals surface area contributed by atoms with Crippen LogP contribution in [0.2, 0.25) is 0 Å². The topological polar surface area (TPSA) is 68.7 Å². The first-order valence-electron chi connectivity index (χ1n) is 11.0. The molecule has 2 N–H and O–H groups in total. The fourth-order valence-corrected chi connectivity index (χ4v) is 4.48. The fourth-order valence-electron chi connectivity index (χ4n) is 4.48. The summed E-state index contributed by atoms with van der Waals surface area (Å²) in [4.78, 5) is 23.8. The number of H-pyrrole nitrogens is 1. The summed E-state index contributed by atoms with van der Waals surface area (Å²) >= 11 is 0. The molecule has 7 nitrogen and oxygen atoms in total. The zero-order valence-corrected chi connectivity index (χ0v) is 18.6. The van der Waals surface area contributed by atoms with E-state index in [1.54, 1.807) is 18.5 Å². The van der Waals surface area contributed by atoms with Gasteiger partial charge < -0.3 is 15.2 Å². The molecule has 4 aromatic rings. The van der Waals surface area contributed by atoms with E-state index in [9.17, 15) is 4.79 Å². The van der Waals surface area contributed by atoms with E-state index in [0.717, 1.165) is 41.4 Å². The second-order valence-electron chi connectivity index (χ2n) is 8.64. The van der Waals surface area contributed by atoms with E-state index in [-0.39, 0.29) is 5.56 Å². The second kappa shape index (κ2) is 8.16. The van der Waals surface area contributed by atoms with Crippen molar-refractivity contribution in [3.8, 4) is 11.3 Å². The van der Waals surface area contributed by atoms with Gasteiger partial charge in [-0.2, -0.15) is 0 Å². The normalized spacial score (nSPS) is 19.4. The Morgan fingerprint density at radius 2 is 1.78 bits per heavy atom. The number of piperazine rings is 1. The van der Waals surface area contributed by atoms with Crippen molar-refractivity contribution in [2.24, 2.45) is 0 Å². The predicted octanol–water partition coefficient (Wildman–Crippen LogP) is 3.96. The fraction of sp³-hybridized carbons (Fsp3) is 0.280. The highest BCUT2D eigenvalue weighted by Gasteiger charge is 2.26. The Morgan fingerprint density at radius 3 is 2.50 bits per heavy atom. The molecule has 1 saturated heterocycles. The van der Waals surface area contributed by atoms with Crippen molar-refractivity contribution in [1.29, 1.82) is 0 Å².